The average Bonchev–Trinajstić information content (AvgIpc) is 3.33. The van der Waals surface area contributed by atoms with Crippen LogP contribution in [-0.2, 0) is 11.6 Å². The topological polar surface area (TPSA) is 42.9 Å². The van der Waals surface area contributed by atoms with Crippen molar-refractivity contribution in [2.75, 3.05) is 0 Å². The average molecular weight is 369 g/mol. The Morgan fingerprint density at radius 1 is 1.32 bits per heavy atom. The van der Waals surface area contributed by atoms with Crippen LogP contribution in [-0.4, -0.2) is 15.8 Å². The normalized spacial score (nSPS) is 15.9. The minimum Gasteiger partial charge on any atom is -0.292 e. The van der Waals surface area contributed by atoms with Gasteiger partial charge in [-0.2, -0.15) is 13.2 Å². The van der Waals surface area contributed by atoms with Crippen LogP contribution >= 0.6 is 11.6 Å². The van der Waals surface area contributed by atoms with Crippen molar-refractivity contribution in [1.29, 1.82) is 0 Å². The second-order valence-electron chi connectivity index (χ2n) is 6.42. The molecule has 132 valence electrons. The Hall–Kier alpha value is -1.95. The monoisotopic (exact) mass is 368 g/mol. The summed E-state index contributed by atoms with van der Waals surface area (Å²) in [5.74, 6) is -0.0765. The van der Waals surface area contributed by atoms with E-state index in [1.807, 2.05) is 13.0 Å². The van der Waals surface area contributed by atoms with Crippen LogP contribution in [0.25, 0.3) is 0 Å². The quantitative estimate of drug-likeness (QED) is 0.685. The molecule has 0 bridgehead atoms. The lowest BCUT2D eigenvalue weighted by Crippen LogP contribution is -2.15. The van der Waals surface area contributed by atoms with Gasteiger partial charge in [0.05, 0.1) is 16.3 Å². The molecule has 0 spiro atoms. The number of pyridine rings is 2. The number of carbonyl (C=O) groups is 1. The first-order valence-electron chi connectivity index (χ1n) is 7.91. The lowest BCUT2D eigenvalue weighted by atomic mass is 9.92. The summed E-state index contributed by atoms with van der Waals surface area (Å²) >= 11 is 6.06. The molecule has 0 aromatic carbocycles. The number of Topliss-reactive ketones (excluding diaryl/α,β-unsaturated/α-hetero) is 1. The highest BCUT2D eigenvalue weighted by Crippen LogP contribution is 2.53. The van der Waals surface area contributed by atoms with Gasteiger partial charge in [-0.1, -0.05) is 17.7 Å². The van der Waals surface area contributed by atoms with Crippen LogP contribution in [0.3, 0.4) is 0 Å². The Balaban J connectivity index is 1.75. The van der Waals surface area contributed by atoms with Crippen LogP contribution in [0.1, 0.15) is 53.0 Å². The number of ketones is 1. The van der Waals surface area contributed by atoms with E-state index in [1.165, 1.54) is 0 Å². The van der Waals surface area contributed by atoms with Crippen molar-refractivity contribution in [2.45, 2.75) is 44.2 Å². The number of hydrogen-bond donors (Lipinski definition) is 0. The summed E-state index contributed by atoms with van der Waals surface area (Å²) in [7, 11) is 0. The van der Waals surface area contributed by atoms with E-state index < -0.39 is 17.2 Å². The molecule has 2 aromatic heterocycles. The first-order valence-corrected chi connectivity index (χ1v) is 8.29. The summed E-state index contributed by atoms with van der Waals surface area (Å²) in [6.07, 6.45) is 0.196. The Labute approximate surface area is 148 Å². The smallest absolute Gasteiger partial charge is 0.292 e. The molecule has 1 aliphatic carbocycles. The Morgan fingerprint density at radius 3 is 2.60 bits per heavy atom. The van der Waals surface area contributed by atoms with E-state index in [1.54, 1.807) is 12.3 Å². The molecule has 0 radical (unpaired) electrons. The van der Waals surface area contributed by atoms with Gasteiger partial charge in [-0.25, -0.2) is 0 Å². The van der Waals surface area contributed by atoms with E-state index in [2.05, 4.69) is 9.97 Å². The molecule has 0 N–H and O–H groups in total. The summed E-state index contributed by atoms with van der Waals surface area (Å²) < 4.78 is 38.2. The third-order valence-corrected chi connectivity index (χ3v) is 4.92. The van der Waals surface area contributed by atoms with E-state index in [4.69, 9.17) is 11.6 Å². The van der Waals surface area contributed by atoms with Gasteiger partial charge in [0, 0.05) is 24.2 Å². The van der Waals surface area contributed by atoms with Crippen molar-refractivity contribution in [3.8, 4) is 0 Å². The molecule has 0 saturated heterocycles. The fraction of sp³-hybridized carbons (Fsp3) is 0.389. The molecule has 3 rings (SSSR count). The molecular weight excluding hydrogens is 353 g/mol. The lowest BCUT2D eigenvalue weighted by Gasteiger charge is -2.17. The molecule has 7 heteroatoms. The maximum atomic E-state index is 12.7. The third kappa shape index (κ3) is 3.68. The van der Waals surface area contributed by atoms with Gasteiger partial charge < -0.3 is 0 Å². The van der Waals surface area contributed by atoms with Gasteiger partial charge >= 0.3 is 6.18 Å². The standard InChI is InChI=1S/C18H16ClF3N2O/c1-11-3-2-8-23-15(11)14(25)4-5-17(6-7-17)16-13(19)9-12(10-24-16)18(20,21)22/h2-3,8-10H,4-7H2,1H3. The molecule has 2 heterocycles. The van der Waals surface area contributed by atoms with E-state index in [9.17, 15) is 18.0 Å². The minimum absolute atomic E-state index is 0.00814. The number of aryl methyl sites for hydroxylation is 1. The van der Waals surface area contributed by atoms with E-state index >= 15 is 0 Å². The SMILES string of the molecule is Cc1cccnc1C(=O)CCC1(c2ncc(C(F)(F)F)cc2Cl)CC1. The highest BCUT2D eigenvalue weighted by Gasteiger charge is 2.47. The second kappa shape index (κ2) is 6.41. The highest BCUT2D eigenvalue weighted by atomic mass is 35.5. The van der Waals surface area contributed by atoms with Gasteiger partial charge in [0.1, 0.15) is 5.69 Å². The first-order chi connectivity index (χ1) is 11.7. The van der Waals surface area contributed by atoms with Crippen LogP contribution in [0.5, 0.6) is 0 Å². The number of alkyl halides is 3. The summed E-state index contributed by atoms with van der Waals surface area (Å²) in [6, 6.07) is 4.50. The summed E-state index contributed by atoms with van der Waals surface area (Å²) in [5, 5.41) is 0.00814. The molecule has 3 nitrogen and oxygen atoms in total. The van der Waals surface area contributed by atoms with Gasteiger partial charge in [-0.15, -0.1) is 0 Å². The fourth-order valence-corrected chi connectivity index (χ4v) is 3.35. The van der Waals surface area contributed by atoms with Crippen molar-refractivity contribution in [2.24, 2.45) is 0 Å². The van der Waals surface area contributed by atoms with Gasteiger partial charge in [-0.3, -0.25) is 14.8 Å². The van der Waals surface area contributed by atoms with E-state index in [0.717, 1.165) is 30.7 Å². The first kappa shape index (κ1) is 17.9. The maximum Gasteiger partial charge on any atom is 0.417 e. The predicted molar refractivity (Wildman–Crippen MR) is 87.7 cm³/mol. The van der Waals surface area contributed by atoms with Crippen molar-refractivity contribution in [1.82, 2.24) is 9.97 Å². The predicted octanol–water partition coefficient (Wildman–Crippen LogP) is 5.15. The molecule has 0 atom stereocenters. The zero-order valence-corrected chi connectivity index (χ0v) is 14.3. The summed E-state index contributed by atoms with van der Waals surface area (Å²) in [5.41, 5.74) is 0.428. The molecule has 0 aliphatic heterocycles. The van der Waals surface area contributed by atoms with Crippen molar-refractivity contribution >= 4 is 17.4 Å². The zero-order chi connectivity index (χ0) is 18.2. The van der Waals surface area contributed by atoms with Gasteiger partial charge in [0.15, 0.2) is 5.78 Å². The van der Waals surface area contributed by atoms with Gasteiger partial charge in [-0.05, 0) is 43.9 Å². The Bertz CT molecular complexity index is 816. The van der Waals surface area contributed by atoms with Crippen molar-refractivity contribution in [3.63, 3.8) is 0 Å². The van der Waals surface area contributed by atoms with E-state index in [-0.39, 0.29) is 17.2 Å². The number of nitrogens with zero attached hydrogens (tertiary/aromatic N) is 2. The molecule has 2 aromatic rings. The zero-order valence-electron chi connectivity index (χ0n) is 13.5. The number of carbonyl (C=O) groups excluding carboxylic acids is 1. The third-order valence-electron chi connectivity index (χ3n) is 4.63. The molecular formula is C18H16ClF3N2O. The van der Waals surface area contributed by atoms with Gasteiger partial charge in [0.25, 0.3) is 0 Å². The molecule has 0 unspecified atom stereocenters. The van der Waals surface area contributed by atoms with Crippen LogP contribution in [0.2, 0.25) is 5.02 Å². The van der Waals surface area contributed by atoms with Crippen molar-refractivity contribution in [3.05, 3.63) is 58.1 Å². The van der Waals surface area contributed by atoms with Crippen LogP contribution in [0.15, 0.2) is 30.6 Å². The second-order valence-corrected chi connectivity index (χ2v) is 6.83. The minimum atomic E-state index is -4.47. The molecule has 0 amide bonds. The largest absolute Gasteiger partial charge is 0.417 e. The van der Waals surface area contributed by atoms with Crippen LogP contribution in [0.4, 0.5) is 13.2 Å². The molecule has 25 heavy (non-hydrogen) atoms. The Kier molecular flexibility index (Phi) is 4.58. The van der Waals surface area contributed by atoms with Gasteiger partial charge in [0.2, 0.25) is 0 Å². The molecule has 1 saturated carbocycles. The number of aromatic nitrogens is 2. The maximum absolute atomic E-state index is 12.7. The lowest BCUT2D eigenvalue weighted by molar-refractivity contribution is -0.137. The van der Waals surface area contributed by atoms with Crippen molar-refractivity contribution < 1.29 is 18.0 Å². The fourth-order valence-electron chi connectivity index (χ4n) is 2.99. The number of rotatable bonds is 5. The van der Waals surface area contributed by atoms with Crippen LogP contribution < -0.4 is 0 Å². The molecule has 1 aliphatic rings. The summed E-state index contributed by atoms with van der Waals surface area (Å²) in [4.78, 5) is 20.5. The van der Waals surface area contributed by atoms with Crippen LogP contribution in [0, 0.1) is 6.92 Å². The summed E-state index contributed by atoms with van der Waals surface area (Å²) in [6.45, 7) is 1.82. The van der Waals surface area contributed by atoms with E-state index in [0.29, 0.717) is 17.8 Å². The highest BCUT2D eigenvalue weighted by molar-refractivity contribution is 6.31. The number of halogens is 4. The number of hydrogen-bond acceptors (Lipinski definition) is 3. The molecule has 1 fully saturated rings. The Morgan fingerprint density at radius 2 is 2.04 bits per heavy atom.